The van der Waals surface area contributed by atoms with Crippen molar-refractivity contribution in [2.45, 2.75) is 69.7 Å². The third-order valence-electron chi connectivity index (χ3n) is 6.06. The van der Waals surface area contributed by atoms with Crippen LogP contribution in [0.25, 0.3) is 0 Å². The van der Waals surface area contributed by atoms with Gasteiger partial charge < -0.3 is 14.8 Å². The summed E-state index contributed by atoms with van der Waals surface area (Å²) in [5.41, 5.74) is 0. The summed E-state index contributed by atoms with van der Waals surface area (Å²) >= 11 is 0. The number of carbonyl (C=O) groups excluding carboxylic acids is 1. The summed E-state index contributed by atoms with van der Waals surface area (Å²) in [6.45, 7) is 3.34. The lowest BCUT2D eigenvalue weighted by atomic mass is 9.89. The van der Waals surface area contributed by atoms with Crippen molar-refractivity contribution in [2.24, 2.45) is 7.05 Å². The van der Waals surface area contributed by atoms with Crippen molar-refractivity contribution in [3.8, 4) is 0 Å². The van der Waals surface area contributed by atoms with Crippen molar-refractivity contribution < 1.29 is 4.79 Å². The van der Waals surface area contributed by atoms with Gasteiger partial charge in [-0.15, -0.1) is 10.2 Å². The van der Waals surface area contributed by atoms with Gasteiger partial charge in [-0.3, -0.25) is 5.10 Å². The molecule has 0 unspecified atom stereocenters. The van der Waals surface area contributed by atoms with Gasteiger partial charge in [-0.2, -0.15) is 5.10 Å². The molecule has 2 aliphatic rings. The van der Waals surface area contributed by atoms with E-state index in [4.69, 9.17) is 4.98 Å². The Morgan fingerprint density at radius 3 is 2.75 bits per heavy atom. The van der Waals surface area contributed by atoms with E-state index in [1.807, 2.05) is 23.4 Å². The molecule has 0 spiro atoms. The second kappa shape index (κ2) is 8.28. The minimum atomic E-state index is -0.193. The number of aryl methyl sites for hydroxylation is 1. The van der Waals surface area contributed by atoms with E-state index in [-0.39, 0.29) is 18.0 Å². The number of hydrogen-bond acceptors (Lipinski definition) is 5. The van der Waals surface area contributed by atoms with Crippen LogP contribution < -0.4 is 5.32 Å². The van der Waals surface area contributed by atoms with E-state index in [1.54, 1.807) is 6.33 Å². The van der Waals surface area contributed by atoms with E-state index in [9.17, 15) is 4.79 Å². The molecule has 2 aromatic rings. The van der Waals surface area contributed by atoms with Gasteiger partial charge in [0.1, 0.15) is 12.2 Å². The standard InChI is InChI=1S/C19H30N8O/c1-13(18-25-20-12-26(18)2)21-19(28)27-10-6-9-15(11-27)17-22-16(23-24-17)14-7-4-3-5-8-14/h12-15H,3-11H2,1-2H3,(H,21,28)(H,22,23,24)/t13-,15+/m1/s1. The first-order valence-corrected chi connectivity index (χ1v) is 10.4. The molecule has 1 saturated carbocycles. The van der Waals surface area contributed by atoms with Crippen molar-refractivity contribution in [1.29, 1.82) is 0 Å². The quantitative estimate of drug-likeness (QED) is 0.840. The third kappa shape index (κ3) is 4.02. The Balaban J connectivity index is 1.37. The number of rotatable bonds is 4. The maximum absolute atomic E-state index is 12.8. The van der Waals surface area contributed by atoms with Crippen LogP contribution in [0.3, 0.4) is 0 Å². The van der Waals surface area contributed by atoms with Crippen molar-refractivity contribution in [3.05, 3.63) is 23.8 Å². The Kier molecular flexibility index (Phi) is 5.59. The van der Waals surface area contributed by atoms with E-state index >= 15 is 0 Å². The van der Waals surface area contributed by atoms with Gasteiger partial charge in [0.15, 0.2) is 11.6 Å². The Morgan fingerprint density at radius 2 is 2.00 bits per heavy atom. The van der Waals surface area contributed by atoms with Crippen molar-refractivity contribution in [1.82, 2.24) is 40.2 Å². The molecule has 1 aliphatic heterocycles. The molecule has 1 saturated heterocycles. The number of aromatic amines is 1. The SMILES string of the molecule is C[C@@H](NC(=O)N1CCC[C@H](c2n[nH]c(C3CCCCC3)n2)C1)c1nncn1C. The van der Waals surface area contributed by atoms with Gasteiger partial charge in [0.25, 0.3) is 0 Å². The van der Waals surface area contributed by atoms with Crippen molar-refractivity contribution in [2.75, 3.05) is 13.1 Å². The summed E-state index contributed by atoms with van der Waals surface area (Å²) in [6, 6.07) is -0.259. The predicted octanol–water partition coefficient (Wildman–Crippen LogP) is 2.63. The fourth-order valence-corrected chi connectivity index (χ4v) is 4.43. The normalized spacial score (nSPS) is 22.2. The Labute approximate surface area is 165 Å². The molecule has 28 heavy (non-hydrogen) atoms. The number of hydrogen-bond donors (Lipinski definition) is 2. The first kappa shape index (κ1) is 18.9. The number of aromatic nitrogens is 6. The number of amides is 2. The van der Waals surface area contributed by atoms with Crippen LogP contribution in [0.15, 0.2) is 6.33 Å². The number of H-pyrrole nitrogens is 1. The molecule has 9 heteroatoms. The zero-order valence-corrected chi connectivity index (χ0v) is 16.8. The molecule has 2 aromatic heterocycles. The number of nitrogens with zero attached hydrogens (tertiary/aromatic N) is 6. The average molecular weight is 387 g/mol. The van der Waals surface area contributed by atoms with Gasteiger partial charge in [-0.1, -0.05) is 19.3 Å². The van der Waals surface area contributed by atoms with Crippen LogP contribution in [-0.2, 0) is 7.05 Å². The largest absolute Gasteiger partial charge is 0.328 e. The smallest absolute Gasteiger partial charge is 0.317 e. The molecular weight excluding hydrogens is 356 g/mol. The van der Waals surface area contributed by atoms with Gasteiger partial charge in [0.05, 0.1) is 6.04 Å². The van der Waals surface area contributed by atoms with Crippen LogP contribution >= 0.6 is 0 Å². The molecule has 1 aliphatic carbocycles. The number of carbonyl (C=O) groups is 1. The number of likely N-dealkylation sites (tertiary alicyclic amines) is 1. The predicted molar refractivity (Wildman–Crippen MR) is 104 cm³/mol. The molecule has 2 atom stereocenters. The van der Waals surface area contributed by atoms with E-state index < -0.39 is 0 Å². The minimum absolute atomic E-state index is 0.0664. The summed E-state index contributed by atoms with van der Waals surface area (Å²) in [4.78, 5) is 19.4. The van der Waals surface area contributed by atoms with E-state index in [0.29, 0.717) is 12.5 Å². The number of piperidine rings is 1. The molecule has 2 fully saturated rings. The highest BCUT2D eigenvalue weighted by Crippen LogP contribution is 2.32. The second-order valence-electron chi connectivity index (χ2n) is 8.17. The lowest BCUT2D eigenvalue weighted by molar-refractivity contribution is 0.175. The van der Waals surface area contributed by atoms with Crippen LogP contribution in [-0.4, -0.2) is 54.0 Å². The monoisotopic (exact) mass is 386 g/mol. The molecular formula is C19H30N8O. The van der Waals surface area contributed by atoms with Crippen LogP contribution in [0.2, 0.25) is 0 Å². The molecule has 3 heterocycles. The number of urea groups is 1. The van der Waals surface area contributed by atoms with Crippen LogP contribution in [0.5, 0.6) is 0 Å². The van der Waals surface area contributed by atoms with Gasteiger partial charge in [0, 0.05) is 32.0 Å². The Bertz CT molecular complexity index is 793. The van der Waals surface area contributed by atoms with E-state index in [2.05, 4.69) is 25.7 Å². The van der Waals surface area contributed by atoms with Crippen molar-refractivity contribution in [3.63, 3.8) is 0 Å². The zero-order chi connectivity index (χ0) is 19.5. The Morgan fingerprint density at radius 1 is 1.21 bits per heavy atom. The van der Waals surface area contributed by atoms with Gasteiger partial charge in [0.2, 0.25) is 0 Å². The third-order valence-corrected chi connectivity index (χ3v) is 6.06. The highest BCUT2D eigenvalue weighted by atomic mass is 16.2. The molecule has 9 nitrogen and oxygen atoms in total. The highest BCUT2D eigenvalue weighted by Gasteiger charge is 2.29. The summed E-state index contributed by atoms with van der Waals surface area (Å²) in [7, 11) is 1.88. The highest BCUT2D eigenvalue weighted by molar-refractivity contribution is 5.74. The minimum Gasteiger partial charge on any atom is -0.328 e. The number of nitrogens with one attached hydrogen (secondary N) is 2. The second-order valence-corrected chi connectivity index (χ2v) is 8.17. The van der Waals surface area contributed by atoms with Gasteiger partial charge in [-0.05, 0) is 32.6 Å². The molecule has 152 valence electrons. The zero-order valence-electron chi connectivity index (χ0n) is 16.8. The summed E-state index contributed by atoms with van der Waals surface area (Å²) in [6.07, 6.45) is 9.92. The average Bonchev–Trinajstić information content (AvgIpc) is 3.38. The lowest BCUT2D eigenvalue weighted by Crippen LogP contribution is -2.46. The molecule has 2 amide bonds. The fraction of sp³-hybridized carbons (Fsp3) is 0.737. The Hall–Kier alpha value is -2.45. The molecule has 4 rings (SSSR count). The molecule has 0 bridgehead atoms. The topological polar surface area (TPSA) is 105 Å². The summed E-state index contributed by atoms with van der Waals surface area (Å²) in [5.74, 6) is 3.35. The fourth-order valence-electron chi connectivity index (χ4n) is 4.43. The molecule has 2 N–H and O–H groups in total. The van der Waals surface area contributed by atoms with E-state index in [1.165, 1.54) is 32.1 Å². The van der Waals surface area contributed by atoms with Crippen LogP contribution in [0.1, 0.15) is 87.2 Å². The maximum atomic E-state index is 12.8. The first-order valence-electron chi connectivity index (χ1n) is 10.4. The summed E-state index contributed by atoms with van der Waals surface area (Å²) in [5, 5.41) is 18.7. The van der Waals surface area contributed by atoms with Gasteiger partial charge >= 0.3 is 6.03 Å². The first-order chi connectivity index (χ1) is 13.6. The van der Waals surface area contributed by atoms with Gasteiger partial charge in [-0.25, -0.2) is 9.78 Å². The molecule has 0 aromatic carbocycles. The van der Waals surface area contributed by atoms with E-state index in [0.717, 1.165) is 36.9 Å². The van der Waals surface area contributed by atoms with Crippen molar-refractivity contribution >= 4 is 6.03 Å². The van der Waals surface area contributed by atoms with Crippen LogP contribution in [0, 0.1) is 0 Å². The molecule has 0 radical (unpaired) electrons. The lowest BCUT2D eigenvalue weighted by Gasteiger charge is -2.32. The maximum Gasteiger partial charge on any atom is 0.317 e. The summed E-state index contributed by atoms with van der Waals surface area (Å²) < 4.78 is 1.82. The van der Waals surface area contributed by atoms with Crippen LogP contribution in [0.4, 0.5) is 4.79 Å².